The number of furan rings is 2. The molecular weight excluding hydrogens is 561 g/mol. The summed E-state index contributed by atoms with van der Waals surface area (Å²) in [4.78, 5) is 7.07. The molecule has 0 saturated heterocycles. The Balaban J connectivity index is 1.22. The van der Waals surface area contributed by atoms with Crippen molar-refractivity contribution in [3.8, 4) is 0 Å². The lowest BCUT2D eigenvalue weighted by Gasteiger charge is -2.25. The SMILES string of the molecule is c1cnc2c(c1)ccc1sc3cc(N(c4ccc5c(c4)oc4ccccc45)c4ccc5oc6ccccc6c5c4)ccc3c12. The quantitative estimate of drug-likeness (QED) is 0.208. The first-order chi connectivity index (χ1) is 21.8. The van der Waals surface area contributed by atoms with Crippen molar-refractivity contribution in [3.63, 3.8) is 0 Å². The maximum absolute atomic E-state index is 6.33. The van der Waals surface area contributed by atoms with Gasteiger partial charge in [0.1, 0.15) is 22.3 Å². The maximum Gasteiger partial charge on any atom is 0.137 e. The number of hydrogen-bond donors (Lipinski definition) is 0. The third kappa shape index (κ3) is 3.41. The van der Waals surface area contributed by atoms with Gasteiger partial charge in [-0.2, -0.15) is 0 Å². The van der Waals surface area contributed by atoms with E-state index in [4.69, 9.17) is 13.8 Å². The van der Waals surface area contributed by atoms with Crippen LogP contribution in [0.5, 0.6) is 0 Å². The minimum Gasteiger partial charge on any atom is -0.456 e. The van der Waals surface area contributed by atoms with Crippen molar-refractivity contribution in [2.75, 3.05) is 4.90 Å². The second kappa shape index (κ2) is 8.93. The predicted octanol–water partition coefficient (Wildman–Crippen LogP) is 11.9. The number of rotatable bonds is 3. The summed E-state index contributed by atoms with van der Waals surface area (Å²) in [5, 5.41) is 8.03. The summed E-state index contributed by atoms with van der Waals surface area (Å²) >= 11 is 1.81. The smallest absolute Gasteiger partial charge is 0.137 e. The number of anilines is 3. The molecule has 10 aromatic rings. The first-order valence-corrected chi connectivity index (χ1v) is 15.4. The number of fused-ring (bicyclic) bond motifs is 11. The van der Waals surface area contributed by atoms with Crippen LogP contribution in [0.25, 0.3) is 75.0 Å². The zero-order chi connectivity index (χ0) is 28.8. The van der Waals surface area contributed by atoms with Gasteiger partial charge in [-0.15, -0.1) is 11.3 Å². The first kappa shape index (κ1) is 23.9. The highest BCUT2D eigenvalue weighted by molar-refractivity contribution is 7.26. The largest absolute Gasteiger partial charge is 0.456 e. The van der Waals surface area contributed by atoms with Gasteiger partial charge in [0, 0.05) is 76.4 Å². The normalized spacial score (nSPS) is 12.1. The number of benzene rings is 6. The van der Waals surface area contributed by atoms with Crippen LogP contribution in [0.3, 0.4) is 0 Å². The van der Waals surface area contributed by atoms with Crippen molar-refractivity contribution in [2.45, 2.75) is 0 Å². The Bertz CT molecular complexity index is 2750. The molecule has 0 saturated carbocycles. The van der Waals surface area contributed by atoms with Crippen LogP contribution >= 0.6 is 11.3 Å². The van der Waals surface area contributed by atoms with E-state index in [-0.39, 0.29) is 0 Å². The molecular formula is C39H22N2O2S. The van der Waals surface area contributed by atoms with Gasteiger partial charge in [0.05, 0.1) is 5.52 Å². The minimum absolute atomic E-state index is 0.865. The molecule has 0 radical (unpaired) electrons. The van der Waals surface area contributed by atoms with E-state index in [1.807, 2.05) is 47.9 Å². The number of pyridine rings is 1. The van der Waals surface area contributed by atoms with Crippen LogP contribution < -0.4 is 4.90 Å². The molecule has 4 nitrogen and oxygen atoms in total. The summed E-state index contributed by atoms with van der Waals surface area (Å²) in [6, 6.07) is 44.7. The molecule has 0 atom stereocenters. The molecule has 6 aromatic carbocycles. The molecule has 206 valence electrons. The van der Waals surface area contributed by atoms with Crippen LogP contribution in [0, 0.1) is 0 Å². The summed E-state index contributed by atoms with van der Waals surface area (Å²) in [7, 11) is 0. The Kier molecular flexibility index (Phi) is 4.84. The number of thiophene rings is 1. The summed E-state index contributed by atoms with van der Waals surface area (Å²) in [5.74, 6) is 0. The molecule has 0 bridgehead atoms. The molecule has 5 heteroatoms. The van der Waals surface area contributed by atoms with Gasteiger partial charge in [0.2, 0.25) is 0 Å². The molecule has 0 N–H and O–H groups in total. The van der Waals surface area contributed by atoms with Crippen LogP contribution in [-0.2, 0) is 0 Å². The zero-order valence-corrected chi connectivity index (χ0v) is 24.1. The van der Waals surface area contributed by atoms with E-state index in [0.717, 1.165) is 71.8 Å². The molecule has 0 amide bonds. The molecule has 44 heavy (non-hydrogen) atoms. The van der Waals surface area contributed by atoms with E-state index in [9.17, 15) is 0 Å². The van der Waals surface area contributed by atoms with E-state index < -0.39 is 0 Å². The van der Waals surface area contributed by atoms with Crippen LogP contribution in [0.15, 0.2) is 142 Å². The van der Waals surface area contributed by atoms with Crippen LogP contribution in [0.1, 0.15) is 0 Å². The van der Waals surface area contributed by atoms with Gasteiger partial charge >= 0.3 is 0 Å². The van der Waals surface area contributed by atoms with Crippen LogP contribution in [0.2, 0.25) is 0 Å². The number of aromatic nitrogens is 1. The molecule has 0 spiro atoms. The van der Waals surface area contributed by atoms with E-state index in [2.05, 4.69) is 102 Å². The lowest BCUT2D eigenvalue weighted by molar-refractivity contribution is 0.668. The summed E-state index contributed by atoms with van der Waals surface area (Å²) in [5.41, 5.74) is 7.72. The van der Waals surface area contributed by atoms with Crippen molar-refractivity contribution in [1.29, 1.82) is 0 Å². The van der Waals surface area contributed by atoms with Crippen molar-refractivity contribution >= 4 is 103 Å². The highest BCUT2D eigenvalue weighted by Crippen LogP contribution is 2.44. The van der Waals surface area contributed by atoms with Crippen LogP contribution in [-0.4, -0.2) is 4.98 Å². The molecule has 0 aliphatic heterocycles. The molecule has 0 fully saturated rings. The third-order valence-electron chi connectivity index (χ3n) is 8.69. The Morgan fingerprint density at radius 1 is 0.477 bits per heavy atom. The second-order valence-electron chi connectivity index (χ2n) is 11.2. The van der Waals surface area contributed by atoms with Gasteiger partial charge in [0.15, 0.2) is 0 Å². The minimum atomic E-state index is 0.865. The van der Waals surface area contributed by atoms with Gasteiger partial charge in [0.25, 0.3) is 0 Å². The Labute approximate surface area is 255 Å². The summed E-state index contributed by atoms with van der Waals surface area (Å²) < 4.78 is 15.0. The van der Waals surface area contributed by atoms with E-state index in [0.29, 0.717) is 0 Å². The van der Waals surface area contributed by atoms with Crippen LogP contribution in [0.4, 0.5) is 17.1 Å². The van der Waals surface area contributed by atoms with Crippen molar-refractivity contribution in [2.24, 2.45) is 0 Å². The molecule has 0 aliphatic carbocycles. The highest BCUT2D eigenvalue weighted by atomic mass is 32.1. The number of nitrogens with zero attached hydrogens (tertiary/aromatic N) is 2. The topological polar surface area (TPSA) is 42.4 Å². The fraction of sp³-hybridized carbons (Fsp3) is 0. The Morgan fingerprint density at radius 3 is 2.00 bits per heavy atom. The van der Waals surface area contributed by atoms with E-state index in [1.165, 1.54) is 20.2 Å². The summed E-state index contributed by atoms with van der Waals surface area (Å²) in [6.45, 7) is 0. The zero-order valence-electron chi connectivity index (χ0n) is 23.3. The first-order valence-electron chi connectivity index (χ1n) is 14.6. The highest BCUT2D eigenvalue weighted by Gasteiger charge is 2.19. The lowest BCUT2D eigenvalue weighted by Crippen LogP contribution is -2.09. The van der Waals surface area contributed by atoms with E-state index >= 15 is 0 Å². The second-order valence-corrected chi connectivity index (χ2v) is 12.3. The van der Waals surface area contributed by atoms with Gasteiger partial charge in [-0.1, -0.05) is 54.6 Å². The molecule has 10 rings (SSSR count). The summed E-state index contributed by atoms with van der Waals surface area (Å²) in [6.07, 6.45) is 1.88. The van der Waals surface area contributed by atoms with Crippen molar-refractivity contribution < 1.29 is 8.83 Å². The molecule has 0 aliphatic rings. The molecule has 4 heterocycles. The van der Waals surface area contributed by atoms with Crippen molar-refractivity contribution in [3.05, 3.63) is 134 Å². The molecule has 4 aromatic heterocycles. The average molecular weight is 583 g/mol. The number of hydrogen-bond acceptors (Lipinski definition) is 5. The van der Waals surface area contributed by atoms with E-state index in [1.54, 1.807) is 0 Å². The molecule has 0 unspecified atom stereocenters. The van der Waals surface area contributed by atoms with Gasteiger partial charge in [-0.25, -0.2) is 0 Å². The number of para-hydroxylation sites is 2. The van der Waals surface area contributed by atoms with Gasteiger partial charge in [-0.05, 0) is 66.7 Å². The van der Waals surface area contributed by atoms with Crippen molar-refractivity contribution in [1.82, 2.24) is 4.98 Å². The van der Waals surface area contributed by atoms with Gasteiger partial charge < -0.3 is 13.7 Å². The monoisotopic (exact) mass is 582 g/mol. The fourth-order valence-electron chi connectivity index (χ4n) is 6.69. The Morgan fingerprint density at radius 2 is 1.14 bits per heavy atom. The standard InChI is InChI=1S/C39H22N2O2S/c1-3-9-32-27(7-1)29-15-12-25(21-35(29)43-32)41(24-14-17-34-31(20-24)28-8-2-4-10-33(28)42-34)26-13-16-30-37(22-26)44-36-18-11-23-6-5-19-40-39(23)38(30)36/h1-22H. The predicted molar refractivity (Wildman–Crippen MR) is 184 cm³/mol. The van der Waals surface area contributed by atoms with Gasteiger partial charge in [-0.3, -0.25) is 4.98 Å². The fourth-order valence-corrected chi connectivity index (χ4v) is 7.83. The average Bonchev–Trinajstić information content (AvgIpc) is 3.75. The lowest BCUT2D eigenvalue weighted by atomic mass is 10.1. The Hall–Kier alpha value is -5.65. The maximum atomic E-state index is 6.33. The third-order valence-corrected chi connectivity index (χ3v) is 9.81.